The van der Waals surface area contributed by atoms with Gasteiger partial charge >= 0.3 is 0 Å². The van der Waals surface area contributed by atoms with Gasteiger partial charge in [-0.15, -0.1) is 0 Å². The molecule has 1 heterocycles. The van der Waals surface area contributed by atoms with Gasteiger partial charge < -0.3 is 20.1 Å². The average molecular weight is 278 g/mol. The van der Waals surface area contributed by atoms with E-state index in [1.807, 2.05) is 25.1 Å². The van der Waals surface area contributed by atoms with Crippen molar-refractivity contribution in [3.63, 3.8) is 0 Å². The molecule has 1 aromatic carbocycles. The number of ether oxygens (including phenoxy) is 2. The molecule has 5 heteroatoms. The Bertz CT molecular complexity index is 462. The molecular formula is C15H22N2O3. The van der Waals surface area contributed by atoms with Crippen LogP contribution in [0.15, 0.2) is 18.2 Å². The van der Waals surface area contributed by atoms with Gasteiger partial charge in [-0.05, 0) is 25.8 Å². The second kappa shape index (κ2) is 7.14. The maximum Gasteiger partial charge on any atom is 0.237 e. The first-order valence-corrected chi connectivity index (χ1v) is 7.06. The van der Waals surface area contributed by atoms with Gasteiger partial charge in [0.2, 0.25) is 5.91 Å². The lowest BCUT2D eigenvalue weighted by Crippen LogP contribution is -2.47. The van der Waals surface area contributed by atoms with Gasteiger partial charge in [-0.3, -0.25) is 4.79 Å². The minimum Gasteiger partial charge on any atom is -0.493 e. The number of nitrogens with one attached hydrogen (secondary N) is 2. The zero-order valence-electron chi connectivity index (χ0n) is 12.1. The molecule has 5 nitrogen and oxygen atoms in total. The lowest BCUT2D eigenvalue weighted by molar-refractivity contribution is -0.124. The predicted octanol–water partition coefficient (Wildman–Crippen LogP) is 1.46. The van der Waals surface area contributed by atoms with Crippen LogP contribution in [0.2, 0.25) is 0 Å². The summed E-state index contributed by atoms with van der Waals surface area (Å²) in [6.07, 6.45) is 1.89. The third-order valence-electron chi connectivity index (χ3n) is 3.39. The van der Waals surface area contributed by atoms with E-state index in [1.165, 1.54) is 0 Å². The number of rotatable bonds is 6. The fourth-order valence-electron chi connectivity index (χ4n) is 2.40. The number of carbonyl (C=O) groups excluding carboxylic acids is 1. The van der Waals surface area contributed by atoms with Crippen LogP contribution in [0.1, 0.15) is 25.3 Å². The first-order valence-electron chi connectivity index (χ1n) is 7.06. The molecule has 2 rings (SSSR count). The van der Waals surface area contributed by atoms with Crippen LogP contribution in [-0.2, 0) is 11.3 Å². The van der Waals surface area contributed by atoms with Crippen LogP contribution in [0.4, 0.5) is 0 Å². The highest BCUT2D eigenvalue weighted by Crippen LogP contribution is 2.31. The lowest BCUT2D eigenvalue weighted by atomic mass is 10.1. The Balaban J connectivity index is 2.04. The third kappa shape index (κ3) is 3.42. The minimum absolute atomic E-state index is 0.0798. The SMILES string of the molecule is CCOc1cccc(CNC2CCCNC2=O)c1OC. The van der Waals surface area contributed by atoms with Crippen molar-refractivity contribution in [2.75, 3.05) is 20.3 Å². The average Bonchev–Trinajstić information content (AvgIpc) is 2.47. The largest absolute Gasteiger partial charge is 0.493 e. The quantitative estimate of drug-likeness (QED) is 0.827. The fraction of sp³-hybridized carbons (Fsp3) is 0.533. The van der Waals surface area contributed by atoms with Crippen LogP contribution in [-0.4, -0.2) is 32.2 Å². The molecule has 1 amide bonds. The Kier molecular flexibility index (Phi) is 5.24. The first-order chi connectivity index (χ1) is 9.76. The second-order valence-corrected chi connectivity index (χ2v) is 4.75. The molecule has 0 aromatic heterocycles. The Morgan fingerprint density at radius 2 is 2.30 bits per heavy atom. The van der Waals surface area contributed by atoms with Crippen LogP contribution in [0.3, 0.4) is 0 Å². The van der Waals surface area contributed by atoms with Gasteiger partial charge in [-0.25, -0.2) is 0 Å². The molecule has 0 radical (unpaired) electrons. The van der Waals surface area contributed by atoms with Gasteiger partial charge in [0.05, 0.1) is 19.8 Å². The molecule has 0 spiro atoms. The summed E-state index contributed by atoms with van der Waals surface area (Å²) in [4.78, 5) is 11.7. The zero-order chi connectivity index (χ0) is 14.4. The molecule has 1 aromatic rings. The van der Waals surface area contributed by atoms with Crippen molar-refractivity contribution in [2.24, 2.45) is 0 Å². The zero-order valence-corrected chi connectivity index (χ0v) is 12.1. The van der Waals surface area contributed by atoms with Gasteiger partial charge in [-0.2, -0.15) is 0 Å². The summed E-state index contributed by atoms with van der Waals surface area (Å²) in [7, 11) is 1.63. The molecule has 1 unspecified atom stereocenters. The van der Waals surface area contributed by atoms with Crippen LogP contribution in [0.25, 0.3) is 0 Å². The predicted molar refractivity (Wildman–Crippen MR) is 77.0 cm³/mol. The maximum absolute atomic E-state index is 11.7. The fourth-order valence-corrected chi connectivity index (χ4v) is 2.40. The van der Waals surface area contributed by atoms with Gasteiger partial charge in [0, 0.05) is 18.7 Å². The van der Waals surface area contributed by atoms with E-state index in [4.69, 9.17) is 9.47 Å². The Labute approximate surface area is 119 Å². The highest BCUT2D eigenvalue weighted by Gasteiger charge is 2.21. The molecular weight excluding hydrogens is 256 g/mol. The second-order valence-electron chi connectivity index (χ2n) is 4.75. The van der Waals surface area contributed by atoms with E-state index in [-0.39, 0.29) is 11.9 Å². The normalized spacial score (nSPS) is 18.5. The van der Waals surface area contributed by atoms with Gasteiger partial charge in [0.1, 0.15) is 0 Å². The number of hydrogen-bond donors (Lipinski definition) is 2. The van der Waals surface area contributed by atoms with E-state index in [1.54, 1.807) is 7.11 Å². The van der Waals surface area contributed by atoms with Gasteiger partial charge in [0.25, 0.3) is 0 Å². The van der Waals surface area contributed by atoms with Crippen molar-refractivity contribution < 1.29 is 14.3 Å². The van der Waals surface area contributed by atoms with Crippen LogP contribution < -0.4 is 20.1 Å². The van der Waals surface area contributed by atoms with Crippen LogP contribution >= 0.6 is 0 Å². The van der Waals surface area contributed by atoms with Crippen molar-refractivity contribution in [2.45, 2.75) is 32.4 Å². The highest BCUT2D eigenvalue weighted by molar-refractivity contribution is 5.82. The Hall–Kier alpha value is -1.75. The summed E-state index contributed by atoms with van der Waals surface area (Å²) in [6, 6.07) is 5.68. The third-order valence-corrected chi connectivity index (χ3v) is 3.39. The van der Waals surface area contributed by atoms with E-state index in [2.05, 4.69) is 10.6 Å². The molecule has 2 N–H and O–H groups in total. The highest BCUT2D eigenvalue weighted by atomic mass is 16.5. The van der Waals surface area contributed by atoms with Crippen molar-refractivity contribution in [3.8, 4) is 11.5 Å². The van der Waals surface area contributed by atoms with Crippen LogP contribution in [0.5, 0.6) is 11.5 Å². The van der Waals surface area contributed by atoms with E-state index < -0.39 is 0 Å². The standard InChI is InChI=1S/C15H22N2O3/c1-3-20-13-8-4-6-11(14(13)19-2)10-17-12-7-5-9-16-15(12)18/h4,6,8,12,17H,3,5,7,9-10H2,1-2H3,(H,16,18). The van der Waals surface area contributed by atoms with Crippen molar-refractivity contribution >= 4 is 5.91 Å². The Morgan fingerprint density at radius 3 is 3.00 bits per heavy atom. The molecule has 0 saturated carbocycles. The number of piperidine rings is 1. The smallest absolute Gasteiger partial charge is 0.237 e. The summed E-state index contributed by atoms with van der Waals surface area (Å²) in [5.74, 6) is 1.55. The van der Waals surface area contributed by atoms with E-state index in [0.29, 0.717) is 13.2 Å². The van der Waals surface area contributed by atoms with E-state index in [0.717, 1.165) is 36.4 Å². The van der Waals surface area contributed by atoms with Gasteiger partial charge in [0.15, 0.2) is 11.5 Å². The lowest BCUT2D eigenvalue weighted by Gasteiger charge is -2.23. The number of para-hydroxylation sites is 1. The van der Waals surface area contributed by atoms with E-state index >= 15 is 0 Å². The summed E-state index contributed by atoms with van der Waals surface area (Å²) < 4.78 is 11.0. The summed E-state index contributed by atoms with van der Waals surface area (Å²) in [6.45, 7) is 3.90. The van der Waals surface area contributed by atoms with Crippen LogP contribution in [0, 0.1) is 0 Å². The number of hydrogen-bond acceptors (Lipinski definition) is 4. The molecule has 1 aliphatic rings. The minimum atomic E-state index is -0.121. The van der Waals surface area contributed by atoms with Crippen molar-refractivity contribution in [3.05, 3.63) is 23.8 Å². The first kappa shape index (κ1) is 14.7. The van der Waals surface area contributed by atoms with Crippen molar-refractivity contribution in [1.29, 1.82) is 0 Å². The number of amides is 1. The van der Waals surface area contributed by atoms with Gasteiger partial charge in [-0.1, -0.05) is 12.1 Å². The molecule has 1 atom stereocenters. The molecule has 110 valence electrons. The molecule has 1 aliphatic heterocycles. The summed E-state index contributed by atoms with van der Waals surface area (Å²) in [5.41, 5.74) is 0.997. The topological polar surface area (TPSA) is 59.6 Å². The molecule has 0 bridgehead atoms. The maximum atomic E-state index is 11.7. The monoisotopic (exact) mass is 278 g/mol. The summed E-state index contributed by atoms with van der Waals surface area (Å²) in [5, 5.41) is 6.16. The Morgan fingerprint density at radius 1 is 1.45 bits per heavy atom. The molecule has 0 aliphatic carbocycles. The number of benzene rings is 1. The van der Waals surface area contributed by atoms with E-state index in [9.17, 15) is 4.79 Å². The molecule has 1 fully saturated rings. The number of methoxy groups -OCH3 is 1. The summed E-state index contributed by atoms with van der Waals surface area (Å²) >= 11 is 0. The number of carbonyl (C=O) groups is 1. The molecule has 20 heavy (non-hydrogen) atoms. The molecule has 1 saturated heterocycles. The van der Waals surface area contributed by atoms with Crippen molar-refractivity contribution in [1.82, 2.24) is 10.6 Å².